The summed E-state index contributed by atoms with van der Waals surface area (Å²) < 4.78 is 0. The minimum atomic E-state index is -0.165. The second-order valence-electron chi connectivity index (χ2n) is 7.05. The summed E-state index contributed by atoms with van der Waals surface area (Å²) in [5.74, 6) is -0.274. The maximum absolute atomic E-state index is 12.7. The summed E-state index contributed by atoms with van der Waals surface area (Å²) in [5, 5.41) is 10.8. The highest BCUT2D eigenvalue weighted by molar-refractivity contribution is 7.20. The Bertz CT molecular complexity index is 1240. The Morgan fingerprint density at radius 3 is 2.10 bits per heavy atom. The Hall–Kier alpha value is -2.55. The van der Waals surface area contributed by atoms with E-state index in [4.69, 9.17) is 0 Å². The number of carbonyl (C=O) groups is 2. The molecule has 8 heteroatoms. The number of aromatic nitrogens is 1. The van der Waals surface area contributed by atoms with Gasteiger partial charge in [0.25, 0.3) is 11.8 Å². The zero-order valence-electron chi connectivity index (χ0n) is 16.9. The van der Waals surface area contributed by atoms with Crippen LogP contribution in [0.3, 0.4) is 0 Å². The van der Waals surface area contributed by atoms with E-state index < -0.39 is 0 Å². The lowest BCUT2D eigenvalue weighted by Crippen LogP contribution is -2.22. The van der Waals surface area contributed by atoms with Gasteiger partial charge in [-0.3, -0.25) is 9.59 Å². The Kier molecular flexibility index (Phi) is 5.99. The largest absolute Gasteiger partial charge is 0.347 e. The van der Waals surface area contributed by atoms with E-state index in [0.717, 1.165) is 25.5 Å². The minimum Gasteiger partial charge on any atom is -0.347 e. The maximum atomic E-state index is 12.7. The van der Waals surface area contributed by atoms with Crippen LogP contribution in [0.1, 0.15) is 46.5 Å². The van der Waals surface area contributed by atoms with Crippen LogP contribution >= 0.6 is 34.0 Å². The molecule has 4 aromatic heterocycles. The van der Waals surface area contributed by atoms with Crippen LogP contribution in [0.15, 0.2) is 35.2 Å². The number of nitrogens with zero attached hydrogens (tertiary/aromatic N) is 1. The third-order valence-electron chi connectivity index (χ3n) is 5.02. The van der Waals surface area contributed by atoms with Gasteiger partial charge in [-0.15, -0.1) is 34.0 Å². The SMILES string of the molecule is Cc1ccsc1CNC(=O)c1cnc2sc(C(=O)NCc3sccc3C)c(C)c2c1. The zero-order chi connectivity index (χ0) is 21.3. The van der Waals surface area contributed by atoms with Crippen molar-refractivity contribution in [2.24, 2.45) is 0 Å². The molecule has 0 atom stereocenters. The number of pyridine rings is 1. The molecule has 30 heavy (non-hydrogen) atoms. The molecule has 0 aliphatic rings. The summed E-state index contributed by atoms with van der Waals surface area (Å²) in [7, 11) is 0. The van der Waals surface area contributed by atoms with Gasteiger partial charge >= 0.3 is 0 Å². The van der Waals surface area contributed by atoms with E-state index in [1.54, 1.807) is 28.9 Å². The molecule has 0 radical (unpaired) electrons. The van der Waals surface area contributed by atoms with E-state index in [-0.39, 0.29) is 11.8 Å². The molecule has 2 N–H and O–H groups in total. The fourth-order valence-electron chi connectivity index (χ4n) is 3.11. The molecule has 0 spiro atoms. The van der Waals surface area contributed by atoms with Gasteiger partial charge < -0.3 is 10.6 Å². The van der Waals surface area contributed by atoms with Gasteiger partial charge in [0.05, 0.1) is 23.5 Å². The van der Waals surface area contributed by atoms with Crippen molar-refractivity contribution in [3.63, 3.8) is 0 Å². The van der Waals surface area contributed by atoms with Gasteiger partial charge in [-0.1, -0.05) is 0 Å². The minimum absolute atomic E-state index is 0.109. The lowest BCUT2D eigenvalue weighted by molar-refractivity contribution is 0.0945. The van der Waals surface area contributed by atoms with Crippen molar-refractivity contribution in [3.05, 3.63) is 72.0 Å². The summed E-state index contributed by atoms with van der Waals surface area (Å²) in [6, 6.07) is 5.92. The molecule has 4 rings (SSSR count). The second kappa shape index (κ2) is 8.67. The van der Waals surface area contributed by atoms with Crippen molar-refractivity contribution in [3.8, 4) is 0 Å². The first-order valence-electron chi connectivity index (χ1n) is 9.45. The molecule has 5 nitrogen and oxygen atoms in total. The number of nitrogens with one attached hydrogen (secondary N) is 2. The molecule has 2 amide bonds. The highest BCUT2D eigenvalue weighted by Crippen LogP contribution is 2.30. The van der Waals surface area contributed by atoms with Crippen LogP contribution in [0.5, 0.6) is 0 Å². The van der Waals surface area contributed by atoms with Crippen molar-refractivity contribution in [2.45, 2.75) is 33.9 Å². The first kappa shape index (κ1) is 20.7. The smallest absolute Gasteiger partial charge is 0.262 e. The number of amides is 2. The lowest BCUT2D eigenvalue weighted by atomic mass is 10.1. The fraction of sp³-hybridized carbons (Fsp3) is 0.227. The molecule has 0 saturated heterocycles. The van der Waals surface area contributed by atoms with Gasteiger partial charge in [-0.25, -0.2) is 4.98 Å². The second-order valence-corrected chi connectivity index (χ2v) is 10.1. The van der Waals surface area contributed by atoms with Crippen LogP contribution in [-0.2, 0) is 13.1 Å². The number of hydrogen-bond donors (Lipinski definition) is 2. The number of fused-ring (bicyclic) bond motifs is 1. The van der Waals surface area contributed by atoms with E-state index >= 15 is 0 Å². The monoisotopic (exact) mass is 455 g/mol. The number of aryl methyl sites for hydroxylation is 3. The summed E-state index contributed by atoms with van der Waals surface area (Å²) >= 11 is 4.63. The molecule has 0 aliphatic heterocycles. The van der Waals surface area contributed by atoms with E-state index in [9.17, 15) is 9.59 Å². The predicted molar refractivity (Wildman–Crippen MR) is 125 cm³/mol. The van der Waals surface area contributed by atoms with Crippen LogP contribution < -0.4 is 10.6 Å². The Morgan fingerprint density at radius 2 is 1.53 bits per heavy atom. The van der Waals surface area contributed by atoms with Crippen LogP contribution in [-0.4, -0.2) is 16.8 Å². The molecule has 154 valence electrons. The van der Waals surface area contributed by atoms with Gasteiger partial charge in [0, 0.05) is 21.3 Å². The zero-order valence-corrected chi connectivity index (χ0v) is 19.3. The topological polar surface area (TPSA) is 71.1 Å². The average molecular weight is 456 g/mol. The Morgan fingerprint density at radius 1 is 0.933 bits per heavy atom. The molecule has 4 heterocycles. The summed E-state index contributed by atoms with van der Waals surface area (Å²) in [4.78, 5) is 33.4. The van der Waals surface area contributed by atoms with Crippen molar-refractivity contribution >= 4 is 56.0 Å². The van der Waals surface area contributed by atoms with E-state index in [1.807, 2.05) is 49.7 Å². The van der Waals surface area contributed by atoms with Crippen LogP contribution in [0.2, 0.25) is 0 Å². The standard InChI is InChI=1S/C22H21N3O2S3/c1-12-4-6-28-17(12)10-23-20(26)15-8-16-14(3)19(30-22(16)25-9-15)21(27)24-11-18-13(2)5-7-29-18/h4-9H,10-11H2,1-3H3,(H,23,26)(H,24,27). The van der Waals surface area contributed by atoms with E-state index in [1.165, 1.54) is 22.5 Å². The van der Waals surface area contributed by atoms with E-state index in [2.05, 4.69) is 15.6 Å². The Balaban J connectivity index is 1.49. The quantitative estimate of drug-likeness (QED) is 0.420. The highest BCUT2D eigenvalue weighted by Gasteiger charge is 2.18. The van der Waals surface area contributed by atoms with Gasteiger partial charge in [-0.05, 0) is 66.4 Å². The number of rotatable bonds is 6. The molecular formula is C22H21N3O2S3. The Labute approximate surface area is 186 Å². The van der Waals surface area contributed by atoms with Crippen LogP contribution in [0.25, 0.3) is 10.2 Å². The summed E-state index contributed by atoms with van der Waals surface area (Å²) in [6.07, 6.45) is 1.57. The molecule has 0 bridgehead atoms. The van der Waals surface area contributed by atoms with Crippen molar-refractivity contribution < 1.29 is 9.59 Å². The molecule has 0 saturated carbocycles. The molecular weight excluding hydrogens is 434 g/mol. The van der Waals surface area contributed by atoms with Gasteiger partial charge in [0.2, 0.25) is 0 Å². The predicted octanol–water partition coefficient (Wildman–Crippen LogP) is 5.20. The van der Waals surface area contributed by atoms with Crippen molar-refractivity contribution in [2.75, 3.05) is 0 Å². The molecule has 0 unspecified atom stereocenters. The lowest BCUT2D eigenvalue weighted by Gasteiger charge is -2.05. The third kappa shape index (κ3) is 4.16. The maximum Gasteiger partial charge on any atom is 0.262 e. The fourth-order valence-corrected chi connectivity index (χ4v) is 5.85. The summed E-state index contributed by atoms with van der Waals surface area (Å²) in [6.45, 7) is 6.99. The number of carbonyl (C=O) groups excluding carboxylic acids is 2. The van der Waals surface area contributed by atoms with Crippen LogP contribution in [0, 0.1) is 20.8 Å². The van der Waals surface area contributed by atoms with Gasteiger partial charge in [-0.2, -0.15) is 0 Å². The molecule has 4 aromatic rings. The third-order valence-corrected chi connectivity index (χ3v) is 8.28. The number of thiophene rings is 3. The average Bonchev–Trinajstić information content (AvgIpc) is 3.43. The summed E-state index contributed by atoms with van der Waals surface area (Å²) in [5.41, 5.74) is 3.71. The molecule has 0 aromatic carbocycles. The first-order valence-corrected chi connectivity index (χ1v) is 12.0. The number of hydrogen-bond acceptors (Lipinski definition) is 6. The van der Waals surface area contributed by atoms with Crippen LogP contribution in [0.4, 0.5) is 0 Å². The van der Waals surface area contributed by atoms with Gasteiger partial charge in [0.1, 0.15) is 4.83 Å². The first-order chi connectivity index (χ1) is 14.4. The van der Waals surface area contributed by atoms with Gasteiger partial charge in [0.15, 0.2) is 0 Å². The molecule has 0 fully saturated rings. The molecule has 0 aliphatic carbocycles. The van der Waals surface area contributed by atoms with Crippen molar-refractivity contribution in [1.29, 1.82) is 0 Å². The normalized spacial score (nSPS) is 11.0. The highest BCUT2D eigenvalue weighted by atomic mass is 32.1. The van der Waals surface area contributed by atoms with E-state index in [0.29, 0.717) is 23.5 Å². The van der Waals surface area contributed by atoms with Crippen molar-refractivity contribution in [1.82, 2.24) is 15.6 Å².